The van der Waals surface area contributed by atoms with E-state index in [1.807, 2.05) is 0 Å². The number of oxime groups is 1. The molecule has 2 aromatic rings. The Kier molecular flexibility index (Phi) is 15.7. The minimum Gasteiger partial charge on any atom is -2.00 e. The molecule has 11 heteroatoms. The van der Waals surface area contributed by atoms with Gasteiger partial charge in [-0.2, -0.15) is 11.5 Å². The first-order valence-corrected chi connectivity index (χ1v) is 15.3. The maximum atomic E-state index is 13.6. The Balaban J connectivity index is 0.00000294. The Morgan fingerprint density at radius 2 is 1.90 bits per heavy atom. The molecular weight excluding hydrogens is 642 g/mol. The van der Waals surface area contributed by atoms with Crippen LogP contribution in [0.3, 0.4) is 0 Å². The molecule has 2 saturated heterocycles. The first-order chi connectivity index (χ1) is 19.0. The minimum absolute atomic E-state index is 0. The predicted molar refractivity (Wildman–Crippen MR) is 161 cm³/mol. The number of fused-ring (bicyclic) bond motifs is 3. The molecule has 0 aliphatic carbocycles. The van der Waals surface area contributed by atoms with Crippen LogP contribution in [0.5, 0.6) is 0 Å². The Morgan fingerprint density at radius 1 is 1.15 bits per heavy atom. The number of nitrogens with zero attached hydrogens (tertiary/aromatic N) is 3. The zero-order chi connectivity index (χ0) is 27.8. The van der Waals surface area contributed by atoms with Crippen molar-refractivity contribution in [3.8, 4) is 0 Å². The van der Waals surface area contributed by atoms with Crippen LogP contribution in [0.1, 0.15) is 44.1 Å². The fourth-order valence-corrected chi connectivity index (χ4v) is 7.05. The van der Waals surface area contributed by atoms with Gasteiger partial charge in [0.1, 0.15) is 7.11 Å². The maximum Gasteiger partial charge on any atom is 5.00 e. The van der Waals surface area contributed by atoms with Gasteiger partial charge < -0.3 is 46.0 Å². The van der Waals surface area contributed by atoms with Crippen LogP contribution < -0.4 is 10.4 Å². The molecule has 0 radical (unpaired) electrons. The number of amides is 1. The summed E-state index contributed by atoms with van der Waals surface area (Å²) in [7, 11) is 1.59. The summed E-state index contributed by atoms with van der Waals surface area (Å²) in [6.07, 6.45) is 2.55. The molecule has 2 bridgehead atoms. The minimum atomic E-state index is -0.660. The standard InChI is InChI=1S/C30H43N4O3S2.O.Tc/c1-3-26(32-37-2)29-25(23-10-9-21-7-4-5-8-22(21)17-23)18-24-19-27(35)30(29)34(24)13-6-12-33(14-16-39)20-28(36)31-11-15-38;;/h4-5,7-10,17,24-25,27,29-30,38-39H,3,6,11-16,18-20H2,1-2H3,(H,31,36);;/q-1;-2;+5/p-2/i;;1+0. The molecule has 2 aliphatic rings. The summed E-state index contributed by atoms with van der Waals surface area (Å²) < 4.78 is 0. The summed E-state index contributed by atoms with van der Waals surface area (Å²) in [5.74, 6) is 1.30. The third kappa shape index (κ3) is 8.92. The van der Waals surface area contributed by atoms with Gasteiger partial charge in [-0.15, -0.1) is 6.10 Å². The van der Waals surface area contributed by atoms with Crippen molar-refractivity contribution in [2.75, 3.05) is 51.3 Å². The van der Waals surface area contributed by atoms with E-state index >= 15 is 0 Å². The second-order valence-corrected chi connectivity index (χ2v) is 11.5. The van der Waals surface area contributed by atoms with Gasteiger partial charge in [-0.25, -0.2) is 0 Å². The van der Waals surface area contributed by atoms with E-state index in [4.69, 9.17) is 30.1 Å². The van der Waals surface area contributed by atoms with Gasteiger partial charge in [-0.3, -0.25) is 14.6 Å². The normalized spacial score (nSPS) is 24.1. The number of carbonyl (C=O) groups is 1. The van der Waals surface area contributed by atoms with E-state index in [1.165, 1.54) is 16.3 Å². The number of hydrogen-bond acceptors (Lipinski definition) is 8. The van der Waals surface area contributed by atoms with Crippen LogP contribution in [0, 0.1) is 5.92 Å². The molecule has 5 unspecified atom stereocenters. The first-order valence-electron chi connectivity index (χ1n) is 14.2. The number of benzene rings is 2. The van der Waals surface area contributed by atoms with Crippen LogP contribution >= 0.6 is 0 Å². The van der Waals surface area contributed by atoms with Crippen molar-refractivity contribution in [2.24, 2.45) is 11.1 Å². The monoisotopic (exact) mass is 683 g/mol. The number of rotatable bonds is 14. The summed E-state index contributed by atoms with van der Waals surface area (Å²) >= 11 is 10.1. The largest absolute Gasteiger partial charge is 5.00 e. The number of nitrogens with one attached hydrogen (secondary N) is 1. The second kappa shape index (κ2) is 17.8. The molecular formula is C30H41N4O4S2Tc. The predicted octanol–water partition coefficient (Wildman–Crippen LogP) is 2.31. The molecule has 1 N–H and O–H groups in total. The van der Waals surface area contributed by atoms with E-state index in [1.54, 1.807) is 7.11 Å². The molecule has 5 atom stereocenters. The van der Waals surface area contributed by atoms with Crippen molar-refractivity contribution in [3.05, 3.63) is 48.0 Å². The summed E-state index contributed by atoms with van der Waals surface area (Å²) in [6, 6.07) is 15.3. The SMILES string of the molecule is CCC(=NOC)C1C(c2ccc3ccccc3c2)CC2CC([O-])C1N2CCCN(CC[S-])CC(=O)NCC[S-].[98Tc+5].[O-2]. The quantitative estimate of drug-likeness (QED) is 0.185. The smallest absolute Gasteiger partial charge is 2.00 e. The summed E-state index contributed by atoms with van der Waals surface area (Å²) in [5, 5.41) is 23.4. The fraction of sp³-hybridized carbons (Fsp3) is 0.600. The first kappa shape index (κ1) is 36.0. The molecule has 41 heavy (non-hydrogen) atoms. The molecule has 2 heterocycles. The van der Waals surface area contributed by atoms with Crippen LogP contribution in [0.2, 0.25) is 0 Å². The zero-order valence-electron chi connectivity index (χ0n) is 23.9. The van der Waals surface area contributed by atoms with Crippen molar-refractivity contribution >= 4 is 47.6 Å². The van der Waals surface area contributed by atoms with Gasteiger partial charge >= 0.3 is 20.1 Å². The number of piperidine rings is 1. The third-order valence-electron chi connectivity index (χ3n) is 8.31. The number of carbonyl (C=O) groups excluding carboxylic acids is 1. The van der Waals surface area contributed by atoms with Crippen molar-refractivity contribution in [1.29, 1.82) is 0 Å². The van der Waals surface area contributed by atoms with Crippen LogP contribution in [0.15, 0.2) is 47.6 Å². The van der Waals surface area contributed by atoms with Crippen molar-refractivity contribution in [2.45, 2.75) is 56.7 Å². The molecule has 0 saturated carbocycles. The van der Waals surface area contributed by atoms with E-state index < -0.39 is 6.10 Å². The summed E-state index contributed by atoms with van der Waals surface area (Å²) in [4.78, 5) is 22.1. The molecule has 2 aliphatic heterocycles. The van der Waals surface area contributed by atoms with Gasteiger partial charge in [0.05, 0.1) is 12.3 Å². The molecule has 4 rings (SSSR count). The average molecular weight is 684 g/mol. The average Bonchev–Trinajstić information content (AvgIpc) is 3.15. The summed E-state index contributed by atoms with van der Waals surface area (Å²) in [6.45, 7) is 5.23. The van der Waals surface area contributed by atoms with Gasteiger partial charge in [0, 0.05) is 18.0 Å². The van der Waals surface area contributed by atoms with Gasteiger partial charge in [-0.1, -0.05) is 54.5 Å². The van der Waals surface area contributed by atoms with Gasteiger partial charge in [0.2, 0.25) is 5.91 Å². The van der Waals surface area contributed by atoms with Crippen LogP contribution in [-0.2, 0) is 60.5 Å². The number of hydrogen-bond donors (Lipinski definition) is 1. The second-order valence-electron chi connectivity index (χ2n) is 10.6. The molecule has 2 aromatic carbocycles. The molecule has 1 amide bonds. The van der Waals surface area contributed by atoms with Gasteiger partial charge in [-0.05, 0) is 74.1 Å². The molecule has 8 nitrogen and oxygen atoms in total. The molecule has 0 aromatic heterocycles. The van der Waals surface area contributed by atoms with E-state index in [0.717, 1.165) is 38.1 Å². The Morgan fingerprint density at radius 3 is 2.59 bits per heavy atom. The third-order valence-corrected chi connectivity index (χ3v) is 8.70. The van der Waals surface area contributed by atoms with Crippen molar-refractivity contribution in [1.82, 2.24) is 15.1 Å². The zero-order valence-corrected chi connectivity index (χ0v) is 27.4. The van der Waals surface area contributed by atoms with E-state index in [-0.39, 0.29) is 55.4 Å². The Hall–Kier alpha value is -1.17. The van der Waals surface area contributed by atoms with E-state index in [9.17, 15) is 9.90 Å². The molecule has 0 spiro atoms. The molecule has 224 valence electrons. The van der Waals surface area contributed by atoms with Crippen LogP contribution in [0.4, 0.5) is 0 Å². The fourth-order valence-electron chi connectivity index (χ4n) is 6.69. The Bertz CT molecular complexity index is 1130. The Labute approximate surface area is 269 Å². The van der Waals surface area contributed by atoms with Crippen LogP contribution in [0.25, 0.3) is 10.8 Å². The van der Waals surface area contributed by atoms with Crippen molar-refractivity contribution < 1.29 is 40.3 Å². The van der Waals surface area contributed by atoms with E-state index in [2.05, 4.69) is 69.7 Å². The van der Waals surface area contributed by atoms with Gasteiger partial charge in [0.15, 0.2) is 0 Å². The van der Waals surface area contributed by atoms with E-state index in [0.29, 0.717) is 37.6 Å². The van der Waals surface area contributed by atoms with Gasteiger partial charge in [0.25, 0.3) is 0 Å². The summed E-state index contributed by atoms with van der Waals surface area (Å²) in [5.41, 5.74) is 2.25. The molecule has 2 fully saturated rings. The van der Waals surface area contributed by atoms with Crippen LogP contribution in [-0.4, -0.2) is 90.9 Å². The topological polar surface area (TPSA) is 109 Å². The maximum absolute atomic E-state index is 13.6. The van der Waals surface area contributed by atoms with Crippen molar-refractivity contribution in [3.63, 3.8) is 0 Å².